The fourth-order valence-electron chi connectivity index (χ4n) is 2.52. The molecule has 0 spiro atoms. The van der Waals surface area contributed by atoms with E-state index in [1.54, 1.807) is 0 Å². The molecule has 1 saturated heterocycles. The number of carboxylic acids is 2. The third kappa shape index (κ3) is 7.65. The summed E-state index contributed by atoms with van der Waals surface area (Å²) in [5.41, 5.74) is 1.23. The zero-order valence-electron chi connectivity index (χ0n) is 14.5. The van der Waals surface area contributed by atoms with Crippen molar-refractivity contribution in [2.24, 2.45) is 0 Å². The van der Waals surface area contributed by atoms with Crippen molar-refractivity contribution in [1.29, 1.82) is 0 Å². The van der Waals surface area contributed by atoms with Gasteiger partial charge in [0, 0.05) is 0 Å². The molecule has 0 bridgehead atoms. The first-order chi connectivity index (χ1) is 12.5. The lowest BCUT2D eigenvalue weighted by molar-refractivity contribution is -0.192. The van der Waals surface area contributed by atoms with Gasteiger partial charge in [0.2, 0.25) is 5.91 Å². The van der Waals surface area contributed by atoms with Gasteiger partial charge in [0.25, 0.3) is 0 Å². The number of carbonyl (C=O) groups is 3. The summed E-state index contributed by atoms with van der Waals surface area (Å²) in [6.07, 6.45) is -3.40. The maximum absolute atomic E-state index is 12.1. The third-order valence-electron chi connectivity index (χ3n) is 3.96. The number of carboxylic acid groups (broad SMARTS) is 2. The molecule has 150 valence electrons. The summed E-state index contributed by atoms with van der Waals surface area (Å²) in [4.78, 5) is 31.7. The molecule has 0 radical (unpaired) electrons. The summed E-state index contributed by atoms with van der Waals surface area (Å²) in [7, 11) is 0. The Balaban J connectivity index is 0.000000445. The van der Waals surface area contributed by atoms with Crippen molar-refractivity contribution >= 4 is 17.8 Å². The van der Waals surface area contributed by atoms with Crippen molar-refractivity contribution in [2.75, 3.05) is 6.54 Å². The van der Waals surface area contributed by atoms with Gasteiger partial charge in [0.05, 0.1) is 6.04 Å². The van der Waals surface area contributed by atoms with Crippen molar-refractivity contribution < 1.29 is 37.8 Å². The van der Waals surface area contributed by atoms with Crippen LogP contribution in [0.25, 0.3) is 0 Å². The first kappa shape index (κ1) is 22.4. The van der Waals surface area contributed by atoms with E-state index >= 15 is 0 Å². The van der Waals surface area contributed by atoms with Gasteiger partial charge in [0.15, 0.2) is 0 Å². The molecule has 1 heterocycles. The van der Waals surface area contributed by atoms with Crippen LogP contribution in [-0.2, 0) is 14.4 Å². The molecule has 0 unspecified atom stereocenters. The van der Waals surface area contributed by atoms with E-state index < -0.39 is 24.2 Å². The van der Waals surface area contributed by atoms with Crippen LogP contribution in [-0.4, -0.2) is 52.9 Å². The van der Waals surface area contributed by atoms with Crippen molar-refractivity contribution in [1.82, 2.24) is 10.6 Å². The Hall–Kier alpha value is -2.62. The molecular formula is C17H21F3N2O5. The molecule has 1 fully saturated rings. The van der Waals surface area contributed by atoms with Crippen molar-refractivity contribution in [3.63, 3.8) is 0 Å². The van der Waals surface area contributed by atoms with E-state index in [9.17, 15) is 22.8 Å². The van der Waals surface area contributed by atoms with Gasteiger partial charge < -0.3 is 20.8 Å². The molecule has 7 nitrogen and oxygen atoms in total. The SMILES string of the molecule is C[C@H](NC(=O)[C@H]1C[C@@H](c2ccccc2)CCN1)C(=O)O.O=C(O)C(F)(F)F. The smallest absolute Gasteiger partial charge is 0.480 e. The second-order valence-corrected chi connectivity index (χ2v) is 6.01. The van der Waals surface area contributed by atoms with E-state index in [0.29, 0.717) is 12.3 Å². The van der Waals surface area contributed by atoms with E-state index in [-0.39, 0.29) is 11.9 Å². The number of alkyl halides is 3. The zero-order chi connectivity index (χ0) is 20.6. The van der Waals surface area contributed by atoms with E-state index in [2.05, 4.69) is 22.8 Å². The molecule has 10 heteroatoms. The van der Waals surface area contributed by atoms with Crippen LogP contribution >= 0.6 is 0 Å². The lowest BCUT2D eigenvalue weighted by atomic mass is 9.86. The molecule has 1 aliphatic rings. The second kappa shape index (κ2) is 9.91. The lowest BCUT2D eigenvalue weighted by Gasteiger charge is -2.30. The molecule has 0 aromatic heterocycles. The molecule has 4 N–H and O–H groups in total. The minimum absolute atomic E-state index is 0.236. The van der Waals surface area contributed by atoms with Gasteiger partial charge in [-0.3, -0.25) is 9.59 Å². The molecule has 27 heavy (non-hydrogen) atoms. The topological polar surface area (TPSA) is 116 Å². The normalized spacial score (nSPS) is 20.6. The van der Waals surface area contributed by atoms with Crippen LogP contribution in [0, 0.1) is 0 Å². The Labute approximate surface area is 153 Å². The number of amides is 1. The van der Waals surface area contributed by atoms with Gasteiger partial charge in [-0.1, -0.05) is 30.3 Å². The van der Waals surface area contributed by atoms with Crippen LogP contribution < -0.4 is 10.6 Å². The zero-order valence-corrected chi connectivity index (χ0v) is 14.5. The average Bonchev–Trinajstić information content (AvgIpc) is 2.62. The monoisotopic (exact) mass is 390 g/mol. The molecule has 0 aliphatic carbocycles. The van der Waals surface area contributed by atoms with Gasteiger partial charge in [-0.15, -0.1) is 0 Å². The first-order valence-corrected chi connectivity index (χ1v) is 8.14. The summed E-state index contributed by atoms with van der Waals surface area (Å²) in [5.74, 6) is -3.67. The van der Waals surface area contributed by atoms with Crippen LogP contribution in [0.5, 0.6) is 0 Å². The highest BCUT2D eigenvalue weighted by Crippen LogP contribution is 2.27. The maximum atomic E-state index is 12.1. The molecular weight excluding hydrogens is 369 g/mol. The molecule has 1 aromatic rings. The molecule has 2 rings (SSSR count). The van der Waals surface area contributed by atoms with E-state index in [1.165, 1.54) is 12.5 Å². The number of hydrogen-bond donors (Lipinski definition) is 4. The van der Waals surface area contributed by atoms with Gasteiger partial charge in [-0.05, 0) is 37.8 Å². The number of carbonyl (C=O) groups excluding carboxylic acids is 1. The largest absolute Gasteiger partial charge is 0.490 e. The average molecular weight is 390 g/mol. The molecule has 0 saturated carbocycles. The van der Waals surface area contributed by atoms with E-state index in [0.717, 1.165) is 13.0 Å². The summed E-state index contributed by atoms with van der Waals surface area (Å²) in [5, 5.41) is 21.6. The van der Waals surface area contributed by atoms with Crippen LogP contribution in [0.2, 0.25) is 0 Å². The predicted molar refractivity (Wildman–Crippen MR) is 89.1 cm³/mol. The van der Waals surface area contributed by atoms with Gasteiger partial charge in [0.1, 0.15) is 6.04 Å². The van der Waals surface area contributed by atoms with Crippen molar-refractivity contribution in [2.45, 2.75) is 43.9 Å². The minimum Gasteiger partial charge on any atom is -0.480 e. The highest BCUT2D eigenvalue weighted by molar-refractivity contribution is 5.86. The van der Waals surface area contributed by atoms with Crippen molar-refractivity contribution in [3.8, 4) is 0 Å². The van der Waals surface area contributed by atoms with Crippen LogP contribution in [0.3, 0.4) is 0 Å². The molecule has 1 aromatic carbocycles. The quantitative estimate of drug-likeness (QED) is 0.623. The number of aliphatic carboxylic acids is 2. The number of piperidine rings is 1. The maximum Gasteiger partial charge on any atom is 0.490 e. The van der Waals surface area contributed by atoms with Gasteiger partial charge >= 0.3 is 18.1 Å². The molecule has 1 aliphatic heterocycles. The standard InChI is InChI=1S/C15H20N2O3.C2HF3O2/c1-10(15(19)20)17-14(18)13-9-12(7-8-16-13)11-5-3-2-4-6-11;3-2(4,5)1(6)7/h2-6,10,12-13,16H,7-9H2,1H3,(H,17,18)(H,19,20);(H,6,7)/t10-,12-,13+;/m0./s1. The lowest BCUT2D eigenvalue weighted by Crippen LogP contribution is -2.51. The Morgan fingerprint density at radius 3 is 2.22 bits per heavy atom. The van der Waals surface area contributed by atoms with Gasteiger partial charge in [-0.2, -0.15) is 13.2 Å². The van der Waals surface area contributed by atoms with Crippen molar-refractivity contribution in [3.05, 3.63) is 35.9 Å². The summed E-state index contributed by atoms with van der Waals surface area (Å²) < 4.78 is 31.7. The third-order valence-corrected chi connectivity index (χ3v) is 3.96. The number of nitrogens with one attached hydrogen (secondary N) is 2. The van der Waals surface area contributed by atoms with E-state index in [4.69, 9.17) is 15.0 Å². The molecule has 1 amide bonds. The van der Waals surface area contributed by atoms with Crippen LogP contribution in [0.15, 0.2) is 30.3 Å². The van der Waals surface area contributed by atoms with Crippen LogP contribution in [0.1, 0.15) is 31.2 Å². The Morgan fingerprint density at radius 2 is 1.74 bits per heavy atom. The number of rotatable bonds is 4. The number of halogens is 3. The summed E-state index contributed by atoms with van der Waals surface area (Å²) >= 11 is 0. The number of benzene rings is 1. The fraction of sp³-hybridized carbons (Fsp3) is 0.471. The highest BCUT2D eigenvalue weighted by Gasteiger charge is 2.38. The predicted octanol–water partition coefficient (Wildman–Crippen LogP) is 1.74. The first-order valence-electron chi connectivity index (χ1n) is 8.14. The Bertz CT molecular complexity index is 652. The van der Waals surface area contributed by atoms with Gasteiger partial charge in [-0.25, -0.2) is 4.79 Å². The minimum atomic E-state index is -5.08. The summed E-state index contributed by atoms with van der Waals surface area (Å²) in [6, 6.07) is 8.94. The van der Waals surface area contributed by atoms with E-state index in [1.807, 2.05) is 18.2 Å². The Kier molecular flexibility index (Phi) is 8.23. The highest BCUT2D eigenvalue weighted by atomic mass is 19.4. The Morgan fingerprint density at radius 1 is 1.19 bits per heavy atom. The number of hydrogen-bond acceptors (Lipinski definition) is 4. The fourth-order valence-corrected chi connectivity index (χ4v) is 2.52. The summed E-state index contributed by atoms with van der Waals surface area (Å²) in [6.45, 7) is 2.23. The molecule has 3 atom stereocenters. The van der Waals surface area contributed by atoms with Crippen LogP contribution in [0.4, 0.5) is 13.2 Å². The second-order valence-electron chi connectivity index (χ2n) is 6.01.